The van der Waals surface area contributed by atoms with E-state index in [4.69, 9.17) is 38.9 Å². The van der Waals surface area contributed by atoms with Crippen molar-refractivity contribution in [2.75, 3.05) is 6.61 Å². The fraction of sp³-hybridized carbons (Fsp3) is 0.881. The summed E-state index contributed by atoms with van der Waals surface area (Å²) >= 11 is 0. The lowest BCUT2D eigenvalue weighted by molar-refractivity contribution is -0.401. The lowest BCUT2D eigenvalue weighted by Gasteiger charge is -2.54. The molecule has 0 bridgehead atoms. The molecule has 5 heterocycles. The number of rotatable bonds is 14. The van der Waals surface area contributed by atoms with E-state index in [-0.39, 0.29) is 30.3 Å². The van der Waals surface area contributed by atoms with Crippen molar-refractivity contribution in [2.45, 2.75) is 198 Å². The molecular formula is C42H69NO13. The van der Waals surface area contributed by atoms with Crippen LogP contribution >= 0.6 is 0 Å². The number of carbonyl (C=O) groups excluding carboxylic acids is 2. The Hall–Kier alpha value is -2.17. The van der Waals surface area contributed by atoms with E-state index >= 15 is 0 Å². The van der Waals surface area contributed by atoms with Gasteiger partial charge in [0.1, 0.15) is 5.78 Å². The first-order valence-corrected chi connectivity index (χ1v) is 21.3. The van der Waals surface area contributed by atoms with Gasteiger partial charge in [0.15, 0.2) is 11.9 Å². The number of ketones is 1. The molecule has 0 saturated carbocycles. The maximum Gasteiger partial charge on any atom is 0.509 e. The minimum absolute atomic E-state index is 0.0554. The van der Waals surface area contributed by atoms with E-state index in [0.717, 1.165) is 0 Å². The minimum atomic E-state index is -1.44. The van der Waals surface area contributed by atoms with Gasteiger partial charge in [-0.05, 0) is 96.1 Å². The predicted molar refractivity (Wildman–Crippen MR) is 204 cm³/mol. The first kappa shape index (κ1) is 44.9. The Morgan fingerprint density at radius 2 is 1.61 bits per heavy atom. The van der Waals surface area contributed by atoms with Gasteiger partial charge in [-0.15, -0.1) is 0 Å². The number of carbonyl (C=O) groups is 3. The van der Waals surface area contributed by atoms with E-state index in [9.17, 15) is 29.7 Å². The van der Waals surface area contributed by atoms with Crippen LogP contribution in [0, 0.1) is 29.6 Å². The van der Waals surface area contributed by atoms with Crippen LogP contribution in [0.2, 0.25) is 0 Å². The van der Waals surface area contributed by atoms with Crippen LogP contribution in [0.1, 0.15) is 126 Å². The molecular weight excluding hydrogens is 726 g/mol. The molecule has 56 heavy (non-hydrogen) atoms. The fourth-order valence-electron chi connectivity index (χ4n) is 9.99. The van der Waals surface area contributed by atoms with Crippen molar-refractivity contribution in [3.05, 3.63) is 12.2 Å². The average Bonchev–Trinajstić information content (AvgIpc) is 3.59. The highest BCUT2D eigenvalue weighted by atomic mass is 16.8. The Bertz CT molecular complexity index is 1400. The number of aliphatic hydroxyl groups is 2. The van der Waals surface area contributed by atoms with E-state index in [1.807, 2.05) is 34.6 Å². The first-order chi connectivity index (χ1) is 26.5. The molecule has 0 aliphatic carbocycles. The lowest BCUT2D eigenvalue weighted by Crippen LogP contribution is -2.63. The average molecular weight is 796 g/mol. The Morgan fingerprint density at radius 1 is 0.929 bits per heavy atom. The maximum absolute atomic E-state index is 14.4. The number of Topliss-reactive ketones (excluding diaryl/α,β-unsaturated/α-hetero) is 1. The Balaban J connectivity index is 1.35. The van der Waals surface area contributed by atoms with Gasteiger partial charge in [-0.3, -0.25) is 9.59 Å². The van der Waals surface area contributed by atoms with E-state index in [0.29, 0.717) is 70.6 Å². The zero-order chi connectivity index (χ0) is 41.2. The molecule has 0 aromatic carbocycles. The molecule has 17 atom stereocenters. The first-order valence-electron chi connectivity index (χ1n) is 21.3. The van der Waals surface area contributed by atoms with Crippen molar-refractivity contribution >= 4 is 17.9 Å². The Morgan fingerprint density at radius 3 is 2.23 bits per heavy atom. The molecule has 5 aliphatic rings. The predicted octanol–water partition coefficient (Wildman–Crippen LogP) is 5.42. The monoisotopic (exact) mass is 795 g/mol. The number of ether oxygens (including phenoxy) is 7. The second kappa shape index (κ2) is 18.4. The van der Waals surface area contributed by atoms with Gasteiger partial charge in [0.05, 0.1) is 66.9 Å². The third-order valence-corrected chi connectivity index (χ3v) is 13.7. The quantitative estimate of drug-likeness (QED) is 0.128. The van der Waals surface area contributed by atoms with Crippen LogP contribution in [0.4, 0.5) is 4.79 Å². The van der Waals surface area contributed by atoms with Crippen molar-refractivity contribution in [2.24, 2.45) is 35.3 Å². The highest BCUT2D eigenvalue weighted by Crippen LogP contribution is 2.52. The standard InChI is InChI=1S/C42H69NO13/c1-9-27(38(46)47)29-14-13-15-32(52-29)34(43)36(45)25(7)35(44)28(10-2)37-23(5)22-24(6)41(55-37)21-18-33(53-39(48)50-12-4)42(56-41)20-17-31(54-42)30-16-19-40(49,11-3)26(8)51-30/h18,21,23-34,36-37,45,49H,9-17,19-20,22,43H2,1-8H3,(H,46,47)/t23-,24+,25+,26-,27+,28-,29+,30+,31?,32+,33+,34+,36+,37-,40+,41-,42-/m0/s1. The molecule has 0 aromatic heterocycles. The van der Waals surface area contributed by atoms with Crippen LogP contribution in [-0.4, -0.2) is 112 Å². The number of hydrogen-bond acceptors (Lipinski definition) is 13. The molecule has 0 aromatic rings. The van der Waals surface area contributed by atoms with Crippen LogP contribution in [0.3, 0.4) is 0 Å². The molecule has 5 aliphatic heterocycles. The molecule has 1 unspecified atom stereocenters. The van der Waals surface area contributed by atoms with Crippen molar-refractivity contribution in [1.82, 2.24) is 0 Å². The van der Waals surface area contributed by atoms with Crippen molar-refractivity contribution < 1.29 is 62.9 Å². The summed E-state index contributed by atoms with van der Waals surface area (Å²) in [5.74, 6) is -6.25. The largest absolute Gasteiger partial charge is 0.509 e. The summed E-state index contributed by atoms with van der Waals surface area (Å²) in [6.45, 7) is 15.1. The second-order valence-electron chi connectivity index (χ2n) is 17.2. The van der Waals surface area contributed by atoms with Gasteiger partial charge in [0.25, 0.3) is 0 Å². The van der Waals surface area contributed by atoms with E-state index in [2.05, 4.69) is 6.92 Å². The summed E-state index contributed by atoms with van der Waals surface area (Å²) in [7, 11) is 0. The molecule has 14 nitrogen and oxygen atoms in total. The maximum atomic E-state index is 14.4. The molecule has 5 rings (SSSR count). The normalized spacial score (nSPS) is 41.4. The zero-order valence-electron chi connectivity index (χ0n) is 34.7. The number of carboxylic acids is 1. The van der Waals surface area contributed by atoms with E-state index in [1.165, 1.54) is 0 Å². The number of nitrogens with two attached hydrogens (primary N) is 1. The Kier molecular flexibility index (Phi) is 14.8. The molecule has 2 spiro atoms. The van der Waals surface area contributed by atoms with Gasteiger partial charge in [-0.2, -0.15) is 0 Å². The van der Waals surface area contributed by atoms with Crippen LogP contribution in [0.15, 0.2) is 12.2 Å². The summed E-state index contributed by atoms with van der Waals surface area (Å²) in [6, 6.07) is -0.892. The summed E-state index contributed by atoms with van der Waals surface area (Å²) in [6.07, 6.45) is 3.73. The van der Waals surface area contributed by atoms with Crippen molar-refractivity contribution in [1.29, 1.82) is 0 Å². The van der Waals surface area contributed by atoms with Gasteiger partial charge in [0.2, 0.25) is 5.79 Å². The topological polar surface area (TPSA) is 203 Å². The molecule has 4 saturated heterocycles. The summed E-state index contributed by atoms with van der Waals surface area (Å²) < 4.78 is 44.2. The van der Waals surface area contributed by atoms with E-state index < -0.39 is 95.8 Å². The lowest BCUT2D eigenvalue weighted by atomic mass is 9.73. The van der Waals surface area contributed by atoms with E-state index in [1.54, 1.807) is 26.0 Å². The third kappa shape index (κ3) is 9.02. The highest BCUT2D eigenvalue weighted by Gasteiger charge is 2.61. The smallest absolute Gasteiger partial charge is 0.481 e. The van der Waals surface area contributed by atoms with Gasteiger partial charge in [0, 0.05) is 24.2 Å². The molecule has 14 heteroatoms. The SMILES string of the molecule is CCOC(=O)O[C@@H]1C=C[C@]2(O[C@H]([C@@H](CC)C(=O)[C@@H](C)[C@@H](O)[C@H](N)[C@H]3CCC[C@H]([C@@H](CC)C(=O)O)O3)[C@@H](C)C[C@H]2C)O[C@@]12CCC([C@H]1CC[C@](O)(CC)[C@H](C)O1)O2. The molecule has 5 N–H and O–H groups in total. The highest BCUT2D eigenvalue weighted by molar-refractivity contribution is 5.84. The fourth-order valence-corrected chi connectivity index (χ4v) is 9.99. The van der Waals surface area contributed by atoms with Gasteiger partial charge >= 0.3 is 12.1 Å². The van der Waals surface area contributed by atoms with Crippen LogP contribution in [-0.2, 0) is 42.7 Å². The van der Waals surface area contributed by atoms with Crippen LogP contribution in [0.25, 0.3) is 0 Å². The molecule has 0 amide bonds. The van der Waals surface area contributed by atoms with Crippen LogP contribution in [0.5, 0.6) is 0 Å². The summed E-state index contributed by atoms with van der Waals surface area (Å²) in [5.41, 5.74) is 5.69. The molecule has 320 valence electrons. The third-order valence-electron chi connectivity index (χ3n) is 13.7. The van der Waals surface area contributed by atoms with Gasteiger partial charge in [-0.25, -0.2) is 4.79 Å². The number of carboxylic acid groups (broad SMARTS) is 1. The second-order valence-corrected chi connectivity index (χ2v) is 17.2. The van der Waals surface area contributed by atoms with Crippen molar-refractivity contribution in [3.8, 4) is 0 Å². The molecule has 4 fully saturated rings. The number of aliphatic hydroxyl groups excluding tert-OH is 1. The summed E-state index contributed by atoms with van der Waals surface area (Å²) in [5, 5.41) is 32.3. The van der Waals surface area contributed by atoms with Gasteiger partial charge < -0.3 is 54.2 Å². The van der Waals surface area contributed by atoms with Gasteiger partial charge in [-0.1, -0.05) is 41.5 Å². The Labute approximate surface area is 332 Å². The minimum Gasteiger partial charge on any atom is -0.481 e. The summed E-state index contributed by atoms with van der Waals surface area (Å²) in [4.78, 5) is 39.0. The number of aliphatic carboxylic acids is 1. The zero-order valence-corrected chi connectivity index (χ0v) is 34.7. The van der Waals surface area contributed by atoms with Crippen molar-refractivity contribution in [3.63, 3.8) is 0 Å². The molecule has 0 radical (unpaired) electrons. The number of hydrogen-bond donors (Lipinski definition) is 4. The van der Waals surface area contributed by atoms with Crippen LogP contribution < -0.4 is 5.73 Å².